The Balaban J connectivity index is 1.54. The maximum absolute atomic E-state index is 12.1. The molecule has 9 heteroatoms. The molecular weight excluding hydrogens is 402 g/mol. The van der Waals surface area contributed by atoms with E-state index in [0.717, 1.165) is 33.7 Å². The van der Waals surface area contributed by atoms with Gasteiger partial charge in [0.1, 0.15) is 5.52 Å². The number of aryl methyl sites for hydroxylation is 1. The molecule has 0 unspecified atom stereocenters. The second kappa shape index (κ2) is 7.55. The molecule has 0 spiro atoms. The van der Waals surface area contributed by atoms with Crippen LogP contribution in [0.2, 0.25) is 0 Å². The average Bonchev–Trinajstić information content (AvgIpc) is 3.22. The zero-order valence-corrected chi connectivity index (χ0v) is 18.6. The number of carbonyl (C=O) groups is 1. The fraction of sp³-hybridized carbons (Fsp3) is 0.476. The van der Waals surface area contributed by atoms with E-state index in [1.165, 1.54) is 11.3 Å². The largest absolute Gasteiger partial charge is 0.423 e. The summed E-state index contributed by atoms with van der Waals surface area (Å²) in [6.07, 6.45) is 0.737. The highest BCUT2D eigenvalue weighted by molar-refractivity contribution is 7.16. The molecule has 30 heavy (non-hydrogen) atoms. The minimum absolute atomic E-state index is 0.0189. The molecule has 0 saturated carbocycles. The first kappa shape index (κ1) is 20.6. The van der Waals surface area contributed by atoms with Gasteiger partial charge in [0.25, 0.3) is 6.01 Å². The quantitative estimate of drug-likeness (QED) is 0.579. The highest BCUT2D eigenvalue weighted by Gasteiger charge is 2.35. The van der Waals surface area contributed by atoms with E-state index in [-0.39, 0.29) is 24.7 Å². The minimum Gasteiger partial charge on any atom is -0.423 e. The van der Waals surface area contributed by atoms with Gasteiger partial charge in [-0.3, -0.25) is 5.32 Å². The summed E-state index contributed by atoms with van der Waals surface area (Å²) < 4.78 is 6.05. The lowest BCUT2D eigenvalue weighted by Gasteiger charge is -2.36. The lowest BCUT2D eigenvalue weighted by atomic mass is 10.0. The average molecular weight is 430 g/mol. The molecule has 3 aromatic rings. The third-order valence-corrected chi connectivity index (χ3v) is 6.33. The van der Waals surface area contributed by atoms with Gasteiger partial charge in [-0.15, -0.1) is 0 Å². The molecule has 0 fully saturated rings. The number of thiazole rings is 1. The summed E-state index contributed by atoms with van der Waals surface area (Å²) in [5.41, 5.74) is 2.79. The van der Waals surface area contributed by atoms with Gasteiger partial charge in [0.2, 0.25) is 0 Å². The number of nitrogens with one attached hydrogen (secondary N) is 2. The van der Waals surface area contributed by atoms with Gasteiger partial charge in [-0.25, -0.2) is 9.78 Å². The maximum atomic E-state index is 12.1. The summed E-state index contributed by atoms with van der Waals surface area (Å²) in [6, 6.07) is 6.39. The van der Waals surface area contributed by atoms with E-state index in [2.05, 4.69) is 34.4 Å². The van der Waals surface area contributed by atoms with Gasteiger partial charge in [0.05, 0.1) is 22.2 Å². The Morgan fingerprint density at radius 1 is 1.37 bits per heavy atom. The lowest BCUT2D eigenvalue weighted by Crippen LogP contribution is -2.41. The second-order valence-corrected chi connectivity index (χ2v) is 9.58. The number of hydrogen-bond donors (Lipinski definition) is 3. The summed E-state index contributed by atoms with van der Waals surface area (Å²) in [4.78, 5) is 24.7. The van der Waals surface area contributed by atoms with Gasteiger partial charge in [-0.05, 0) is 52.3 Å². The Morgan fingerprint density at radius 2 is 2.13 bits per heavy atom. The third kappa shape index (κ3) is 4.13. The zero-order chi connectivity index (χ0) is 21.6. The van der Waals surface area contributed by atoms with Crippen LogP contribution in [0.1, 0.15) is 49.9 Å². The number of carbonyl (C=O) groups excluding carboxylic acids is 1. The zero-order valence-electron chi connectivity index (χ0n) is 17.8. The van der Waals surface area contributed by atoms with E-state index in [1.54, 1.807) is 13.8 Å². The Kier molecular flexibility index (Phi) is 5.19. The number of amides is 2. The van der Waals surface area contributed by atoms with Gasteiger partial charge in [0.15, 0.2) is 10.7 Å². The van der Waals surface area contributed by atoms with Crippen molar-refractivity contribution < 1.29 is 14.3 Å². The molecule has 2 atom stereocenters. The van der Waals surface area contributed by atoms with E-state index in [0.29, 0.717) is 11.1 Å². The smallest absolute Gasteiger partial charge is 0.321 e. The fourth-order valence-corrected chi connectivity index (χ4v) is 4.74. The fourth-order valence-electron chi connectivity index (χ4n) is 3.70. The number of oxazole rings is 1. The van der Waals surface area contributed by atoms with Crippen LogP contribution in [0.4, 0.5) is 15.9 Å². The molecule has 0 radical (unpaired) electrons. The molecule has 2 amide bonds. The number of aliphatic hydroxyl groups is 1. The first-order valence-corrected chi connectivity index (χ1v) is 10.8. The monoisotopic (exact) mass is 429 g/mol. The highest BCUT2D eigenvalue weighted by Crippen LogP contribution is 2.41. The van der Waals surface area contributed by atoms with Gasteiger partial charge in [-0.1, -0.05) is 17.4 Å². The van der Waals surface area contributed by atoms with Crippen LogP contribution in [0.25, 0.3) is 11.1 Å². The van der Waals surface area contributed by atoms with Crippen LogP contribution in [0.5, 0.6) is 0 Å². The van der Waals surface area contributed by atoms with E-state index >= 15 is 0 Å². The van der Waals surface area contributed by atoms with Gasteiger partial charge in [-0.2, -0.15) is 4.98 Å². The van der Waals surface area contributed by atoms with E-state index in [1.807, 2.05) is 25.1 Å². The number of nitrogens with zero attached hydrogens (tertiary/aromatic N) is 3. The van der Waals surface area contributed by atoms with Crippen molar-refractivity contribution in [1.82, 2.24) is 15.3 Å². The second-order valence-electron chi connectivity index (χ2n) is 8.55. The number of fused-ring (bicyclic) bond motifs is 2. The van der Waals surface area contributed by atoms with Crippen LogP contribution in [0.3, 0.4) is 0 Å². The Hall–Kier alpha value is -2.65. The van der Waals surface area contributed by atoms with Crippen molar-refractivity contribution in [3.63, 3.8) is 0 Å². The molecule has 160 valence electrons. The molecule has 0 aliphatic carbocycles. The van der Waals surface area contributed by atoms with Crippen molar-refractivity contribution in [2.75, 3.05) is 16.8 Å². The molecule has 0 saturated heterocycles. The van der Waals surface area contributed by atoms with Crippen LogP contribution in [-0.4, -0.2) is 39.3 Å². The number of benzene rings is 1. The Bertz CT molecular complexity index is 1080. The van der Waals surface area contributed by atoms with Crippen molar-refractivity contribution >= 4 is 39.6 Å². The molecule has 8 nitrogen and oxygen atoms in total. The van der Waals surface area contributed by atoms with Crippen LogP contribution in [-0.2, 0) is 6.42 Å². The third-order valence-electron chi connectivity index (χ3n) is 5.14. The predicted molar refractivity (Wildman–Crippen MR) is 118 cm³/mol. The Morgan fingerprint density at radius 3 is 2.87 bits per heavy atom. The standard InChI is InChI=1S/C21H27N5O3S/c1-11-6-7-16-14(8-11)24-20(29-16)26-12(2)9-15-17(13(26)3)30-19(23-15)25-18(27)22-10-21(4,5)28/h6-8,12-13,28H,9-10H2,1-5H3,(H2,22,23,25,27)/t12-,13+/m1/s1. The highest BCUT2D eigenvalue weighted by atomic mass is 32.1. The number of hydrogen-bond acceptors (Lipinski definition) is 7. The summed E-state index contributed by atoms with van der Waals surface area (Å²) in [5, 5.41) is 15.7. The summed E-state index contributed by atoms with van der Waals surface area (Å²) in [6.45, 7) is 9.70. The molecule has 2 aromatic heterocycles. The number of rotatable bonds is 4. The molecule has 0 bridgehead atoms. The van der Waals surface area contributed by atoms with Gasteiger partial charge >= 0.3 is 6.03 Å². The first-order valence-electron chi connectivity index (χ1n) is 10.0. The van der Waals surface area contributed by atoms with Crippen molar-refractivity contribution in [2.45, 2.75) is 58.7 Å². The Labute approximate surface area is 179 Å². The molecule has 1 aliphatic heterocycles. The van der Waals surface area contributed by atoms with Crippen molar-refractivity contribution in [1.29, 1.82) is 0 Å². The van der Waals surface area contributed by atoms with Crippen molar-refractivity contribution in [3.05, 3.63) is 34.3 Å². The van der Waals surface area contributed by atoms with Gasteiger partial charge in [0, 0.05) is 19.0 Å². The first-order chi connectivity index (χ1) is 14.1. The summed E-state index contributed by atoms with van der Waals surface area (Å²) in [7, 11) is 0. The van der Waals surface area contributed by atoms with Crippen molar-refractivity contribution in [3.8, 4) is 0 Å². The van der Waals surface area contributed by atoms with E-state index in [9.17, 15) is 9.90 Å². The van der Waals surface area contributed by atoms with Crippen LogP contribution >= 0.6 is 11.3 Å². The SMILES string of the molecule is Cc1ccc2oc(N3[C@H](C)Cc4nc(NC(=O)NCC(C)(C)O)sc4[C@@H]3C)nc2c1. The maximum Gasteiger partial charge on any atom is 0.321 e. The minimum atomic E-state index is -0.970. The number of anilines is 2. The summed E-state index contributed by atoms with van der Waals surface area (Å²) >= 11 is 1.46. The molecule has 1 aliphatic rings. The number of aromatic nitrogens is 2. The lowest BCUT2D eigenvalue weighted by molar-refractivity contribution is 0.0826. The topological polar surface area (TPSA) is 104 Å². The molecular formula is C21H27N5O3S. The molecule has 3 heterocycles. The number of urea groups is 1. The molecule has 1 aromatic carbocycles. The predicted octanol–water partition coefficient (Wildman–Crippen LogP) is 4.00. The van der Waals surface area contributed by atoms with Crippen LogP contribution in [0.15, 0.2) is 22.6 Å². The van der Waals surface area contributed by atoms with Gasteiger partial charge < -0.3 is 19.7 Å². The van der Waals surface area contributed by atoms with E-state index < -0.39 is 5.60 Å². The van der Waals surface area contributed by atoms with Crippen LogP contribution in [0, 0.1) is 6.92 Å². The van der Waals surface area contributed by atoms with E-state index in [4.69, 9.17) is 9.40 Å². The normalized spacial score (nSPS) is 19.1. The van der Waals surface area contributed by atoms with Crippen molar-refractivity contribution in [2.24, 2.45) is 0 Å². The molecule has 3 N–H and O–H groups in total. The van der Waals surface area contributed by atoms with Crippen LogP contribution < -0.4 is 15.5 Å². The molecule has 4 rings (SSSR count). The summed E-state index contributed by atoms with van der Waals surface area (Å²) in [5.74, 6) is 0.